The highest BCUT2D eigenvalue weighted by Gasteiger charge is 2.14. The van der Waals surface area contributed by atoms with Crippen molar-refractivity contribution in [2.75, 3.05) is 0 Å². The van der Waals surface area contributed by atoms with Crippen LogP contribution in [-0.4, -0.2) is 25.8 Å². The highest BCUT2D eigenvalue weighted by atomic mass is 16.4. The Morgan fingerprint density at radius 1 is 1.14 bits per heavy atom. The monoisotopic (exact) mass is 279 g/mol. The van der Waals surface area contributed by atoms with Crippen molar-refractivity contribution in [2.24, 2.45) is 0 Å². The van der Waals surface area contributed by atoms with Gasteiger partial charge in [-0.1, -0.05) is 18.2 Å². The SMILES string of the molecule is O=C(O)Cc1cn(-c2ccccc2)nc1-c1cccnc1. The lowest BCUT2D eigenvalue weighted by molar-refractivity contribution is -0.136. The van der Waals surface area contributed by atoms with Gasteiger partial charge >= 0.3 is 5.97 Å². The van der Waals surface area contributed by atoms with Crippen LogP contribution in [0.4, 0.5) is 0 Å². The molecule has 1 N–H and O–H groups in total. The number of para-hydroxylation sites is 1. The molecule has 5 nitrogen and oxygen atoms in total. The Kier molecular flexibility index (Phi) is 3.47. The van der Waals surface area contributed by atoms with Gasteiger partial charge in [-0.05, 0) is 24.3 Å². The second-order valence-electron chi connectivity index (χ2n) is 4.60. The summed E-state index contributed by atoms with van der Waals surface area (Å²) in [4.78, 5) is 15.1. The molecule has 2 aromatic heterocycles. The molecule has 0 bridgehead atoms. The number of aromatic nitrogens is 3. The normalized spacial score (nSPS) is 10.5. The van der Waals surface area contributed by atoms with Crippen molar-refractivity contribution in [2.45, 2.75) is 6.42 Å². The number of hydrogen-bond donors (Lipinski definition) is 1. The molecule has 1 aromatic carbocycles. The number of rotatable bonds is 4. The summed E-state index contributed by atoms with van der Waals surface area (Å²) in [7, 11) is 0. The van der Waals surface area contributed by atoms with E-state index in [4.69, 9.17) is 5.11 Å². The van der Waals surface area contributed by atoms with E-state index in [2.05, 4.69) is 10.1 Å². The number of carboxylic acid groups (broad SMARTS) is 1. The number of benzene rings is 1. The predicted molar refractivity (Wildman–Crippen MR) is 78.1 cm³/mol. The van der Waals surface area contributed by atoms with Crippen LogP contribution in [0, 0.1) is 0 Å². The van der Waals surface area contributed by atoms with Crippen LogP contribution in [-0.2, 0) is 11.2 Å². The number of carbonyl (C=O) groups is 1. The molecule has 2 heterocycles. The molecule has 0 aliphatic rings. The van der Waals surface area contributed by atoms with Gasteiger partial charge in [0.05, 0.1) is 17.8 Å². The third kappa shape index (κ3) is 2.81. The Hall–Kier alpha value is -2.95. The number of hydrogen-bond acceptors (Lipinski definition) is 3. The van der Waals surface area contributed by atoms with Gasteiger partial charge in [0.25, 0.3) is 0 Å². The van der Waals surface area contributed by atoms with E-state index in [9.17, 15) is 4.79 Å². The summed E-state index contributed by atoms with van der Waals surface area (Å²) in [6.07, 6.45) is 5.04. The number of nitrogens with zero attached hydrogens (tertiary/aromatic N) is 3. The fourth-order valence-electron chi connectivity index (χ4n) is 2.16. The van der Waals surface area contributed by atoms with Gasteiger partial charge in [0.15, 0.2) is 0 Å². The number of carboxylic acids is 1. The van der Waals surface area contributed by atoms with E-state index in [1.807, 2.05) is 36.4 Å². The van der Waals surface area contributed by atoms with E-state index in [0.717, 1.165) is 11.3 Å². The quantitative estimate of drug-likeness (QED) is 0.797. The maximum Gasteiger partial charge on any atom is 0.307 e. The van der Waals surface area contributed by atoms with Crippen LogP contribution in [0.1, 0.15) is 5.56 Å². The molecule has 0 atom stereocenters. The average Bonchev–Trinajstić information content (AvgIpc) is 2.92. The number of pyridine rings is 1. The molecule has 0 aliphatic heterocycles. The van der Waals surface area contributed by atoms with Crippen LogP contribution in [0.3, 0.4) is 0 Å². The topological polar surface area (TPSA) is 68.0 Å². The summed E-state index contributed by atoms with van der Waals surface area (Å²) in [5.41, 5.74) is 3.01. The fraction of sp³-hybridized carbons (Fsp3) is 0.0625. The standard InChI is InChI=1S/C16H13N3O2/c20-15(21)9-13-11-19(14-6-2-1-3-7-14)18-16(13)12-5-4-8-17-10-12/h1-8,10-11H,9H2,(H,20,21). The third-order valence-corrected chi connectivity index (χ3v) is 3.09. The van der Waals surface area contributed by atoms with Crippen molar-refractivity contribution < 1.29 is 9.90 Å². The third-order valence-electron chi connectivity index (χ3n) is 3.09. The highest BCUT2D eigenvalue weighted by Crippen LogP contribution is 2.23. The zero-order valence-corrected chi connectivity index (χ0v) is 11.2. The van der Waals surface area contributed by atoms with Crippen molar-refractivity contribution in [3.05, 3.63) is 66.6 Å². The first-order valence-electron chi connectivity index (χ1n) is 6.50. The molecule has 104 valence electrons. The minimum Gasteiger partial charge on any atom is -0.481 e. The van der Waals surface area contributed by atoms with Crippen LogP contribution in [0.25, 0.3) is 16.9 Å². The molecule has 21 heavy (non-hydrogen) atoms. The van der Waals surface area contributed by atoms with E-state index < -0.39 is 5.97 Å². The van der Waals surface area contributed by atoms with Crippen molar-refractivity contribution in [3.63, 3.8) is 0 Å². The van der Waals surface area contributed by atoms with E-state index in [1.165, 1.54) is 0 Å². The fourth-order valence-corrected chi connectivity index (χ4v) is 2.16. The van der Waals surface area contributed by atoms with Gasteiger partial charge in [-0.3, -0.25) is 9.78 Å². The molecular formula is C16H13N3O2. The second-order valence-corrected chi connectivity index (χ2v) is 4.60. The van der Waals surface area contributed by atoms with E-state index >= 15 is 0 Å². The Morgan fingerprint density at radius 2 is 1.95 bits per heavy atom. The summed E-state index contributed by atoms with van der Waals surface area (Å²) in [5.74, 6) is -0.882. The van der Waals surface area contributed by atoms with Crippen LogP contribution in [0.5, 0.6) is 0 Å². The van der Waals surface area contributed by atoms with Crippen molar-refractivity contribution in [3.8, 4) is 16.9 Å². The molecule has 0 radical (unpaired) electrons. The lowest BCUT2D eigenvalue weighted by Crippen LogP contribution is -2.00. The summed E-state index contributed by atoms with van der Waals surface area (Å²) < 4.78 is 1.70. The molecule has 3 aromatic rings. The zero-order chi connectivity index (χ0) is 14.7. The first-order chi connectivity index (χ1) is 10.2. The van der Waals surface area contributed by atoms with Gasteiger partial charge in [0.2, 0.25) is 0 Å². The van der Waals surface area contributed by atoms with Gasteiger partial charge in [-0.25, -0.2) is 4.68 Å². The Balaban J connectivity index is 2.10. The Bertz CT molecular complexity index is 752. The molecule has 0 amide bonds. The first kappa shape index (κ1) is 13.1. The minimum atomic E-state index is -0.882. The molecule has 0 saturated heterocycles. The lowest BCUT2D eigenvalue weighted by atomic mass is 10.1. The van der Waals surface area contributed by atoms with Gasteiger partial charge in [0.1, 0.15) is 0 Å². The summed E-state index contributed by atoms with van der Waals surface area (Å²) >= 11 is 0. The van der Waals surface area contributed by atoms with Crippen molar-refractivity contribution >= 4 is 5.97 Å². The second kappa shape index (κ2) is 5.58. The molecular weight excluding hydrogens is 266 g/mol. The maximum atomic E-state index is 11.0. The van der Waals surface area contributed by atoms with Crippen molar-refractivity contribution in [1.82, 2.24) is 14.8 Å². The van der Waals surface area contributed by atoms with Crippen LogP contribution < -0.4 is 0 Å². The van der Waals surface area contributed by atoms with Gasteiger partial charge < -0.3 is 5.11 Å². The predicted octanol–water partition coefficient (Wildman–Crippen LogP) is 2.56. The summed E-state index contributed by atoms with van der Waals surface area (Å²) in [5, 5.41) is 13.6. The van der Waals surface area contributed by atoms with Gasteiger partial charge in [-0.2, -0.15) is 5.10 Å². The van der Waals surface area contributed by atoms with Crippen LogP contribution in [0.2, 0.25) is 0 Å². The molecule has 0 spiro atoms. The van der Waals surface area contributed by atoms with Crippen molar-refractivity contribution in [1.29, 1.82) is 0 Å². The largest absolute Gasteiger partial charge is 0.481 e. The first-order valence-corrected chi connectivity index (χ1v) is 6.50. The summed E-state index contributed by atoms with van der Waals surface area (Å²) in [6.45, 7) is 0. The maximum absolute atomic E-state index is 11.0. The van der Waals surface area contributed by atoms with E-state index in [0.29, 0.717) is 11.3 Å². The average molecular weight is 279 g/mol. The molecule has 0 aliphatic carbocycles. The molecule has 0 fully saturated rings. The Morgan fingerprint density at radius 3 is 2.62 bits per heavy atom. The molecule has 5 heteroatoms. The Labute approximate surface area is 121 Å². The van der Waals surface area contributed by atoms with Gasteiger partial charge in [0, 0.05) is 29.7 Å². The number of aliphatic carboxylic acids is 1. The zero-order valence-electron chi connectivity index (χ0n) is 11.2. The van der Waals surface area contributed by atoms with Crippen LogP contribution >= 0.6 is 0 Å². The van der Waals surface area contributed by atoms with E-state index in [-0.39, 0.29) is 6.42 Å². The van der Waals surface area contributed by atoms with E-state index in [1.54, 1.807) is 29.3 Å². The molecule has 3 rings (SSSR count). The summed E-state index contributed by atoms with van der Waals surface area (Å²) in [6, 6.07) is 13.3. The smallest absolute Gasteiger partial charge is 0.307 e. The molecule has 0 saturated carbocycles. The highest BCUT2D eigenvalue weighted by molar-refractivity contribution is 5.74. The lowest BCUT2D eigenvalue weighted by Gasteiger charge is -2.00. The van der Waals surface area contributed by atoms with Gasteiger partial charge in [-0.15, -0.1) is 0 Å². The van der Waals surface area contributed by atoms with Crippen LogP contribution in [0.15, 0.2) is 61.1 Å². The molecule has 0 unspecified atom stereocenters. The minimum absolute atomic E-state index is 0.0724.